The monoisotopic (exact) mass is 402 g/mol. The number of benzene rings is 2. The Labute approximate surface area is 178 Å². The number of piperazine rings is 1. The normalized spacial score (nSPS) is 17.2. The Balaban J connectivity index is 1.39. The Kier molecular flexibility index (Phi) is 5.21. The topological polar surface area (TPSA) is 51.4 Å². The van der Waals surface area contributed by atoms with Gasteiger partial charge in [-0.05, 0) is 54.8 Å². The van der Waals surface area contributed by atoms with Gasteiger partial charge in [0.05, 0.1) is 0 Å². The van der Waals surface area contributed by atoms with Crippen LogP contribution >= 0.6 is 0 Å². The first-order valence-electron chi connectivity index (χ1n) is 11.2. The van der Waals surface area contributed by atoms with Crippen molar-refractivity contribution in [2.75, 3.05) is 44.2 Å². The molecule has 1 saturated heterocycles. The fraction of sp³-hybridized carbons (Fsp3) is 0.400. The minimum Gasteiger partial charge on any atom is -0.369 e. The summed E-state index contributed by atoms with van der Waals surface area (Å²) in [6, 6.07) is 14.9. The third-order valence-corrected chi connectivity index (χ3v) is 6.55. The summed E-state index contributed by atoms with van der Waals surface area (Å²) in [7, 11) is 0. The van der Waals surface area contributed by atoms with E-state index < -0.39 is 0 Å². The van der Waals surface area contributed by atoms with E-state index in [0.717, 1.165) is 54.8 Å². The highest BCUT2D eigenvalue weighted by Gasteiger charge is 2.22. The summed E-state index contributed by atoms with van der Waals surface area (Å²) in [6.07, 6.45) is 3.41. The molecule has 0 unspecified atom stereocenters. The predicted molar refractivity (Wildman–Crippen MR) is 123 cm³/mol. The molecule has 0 radical (unpaired) electrons. The van der Waals surface area contributed by atoms with Gasteiger partial charge >= 0.3 is 0 Å². The quantitative estimate of drug-likeness (QED) is 0.677. The van der Waals surface area contributed by atoms with Gasteiger partial charge in [0.15, 0.2) is 0 Å². The number of anilines is 1. The summed E-state index contributed by atoms with van der Waals surface area (Å²) in [5.74, 6) is 0.0262. The van der Waals surface area contributed by atoms with Crippen LogP contribution in [0, 0.1) is 0 Å². The molecule has 5 nitrogen and oxygen atoms in total. The summed E-state index contributed by atoms with van der Waals surface area (Å²) in [4.78, 5) is 21.1. The number of H-pyrrole nitrogens is 1. The first kappa shape index (κ1) is 19.2. The van der Waals surface area contributed by atoms with Gasteiger partial charge in [0.1, 0.15) is 0 Å². The van der Waals surface area contributed by atoms with E-state index in [4.69, 9.17) is 0 Å². The van der Waals surface area contributed by atoms with E-state index in [0.29, 0.717) is 6.54 Å². The molecular weight excluding hydrogens is 372 g/mol. The van der Waals surface area contributed by atoms with Crippen LogP contribution in [0.5, 0.6) is 0 Å². The number of unbranched alkanes of at least 4 members (excludes halogenated alkanes) is 1. The molecule has 3 heterocycles. The smallest absolute Gasteiger partial charge is 0.251 e. The molecule has 156 valence electrons. The predicted octanol–water partition coefficient (Wildman–Crippen LogP) is 4.04. The van der Waals surface area contributed by atoms with Gasteiger partial charge in [-0.2, -0.15) is 0 Å². The third-order valence-electron chi connectivity index (χ3n) is 6.55. The van der Waals surface area contributed by atoms with Crippen LogP contribution in [0.25, 0.3) is 22.2 Å². The minimum atomic E-state index is 0.0262. The Morgan fingerprint density at radius 1 is 1.00 bits per heavy atom. The standard InChI is InChI=1S/C25H30N4O/c1-2-3-13-28-14-16-29(17-15-28)19-9-7-18(8-10-19)24-20-11-12-26-25(30)21-5-4-6-22(27-24)23(20)21/h4-10,27H,2-3,11-17H2,1H3,(H,26,30). The number of aromatic nitrogens is 1. The molecule has 0 aliphatic carbocycles. The van der Waals surface area contributed by atoms with E-state index in [9.17, 15) is 4.79 Å². The summed E-state index contributed by atoms with van der Waals surface area (Å²) in [5.41, 5.74) is 6.70. The number of hydrogen-bond acceptors (Lipinski definition) is 3. The molecular formula is C25H30N4O. The Hall–Kier alpha value is -2.79. The van der Waals surface area contributed by atoms with E-state index in [-0.39, 0.29) is 5.91 Å². The molecule has 0 saturated carbocycles. The number of nitrogens with zero attached hydrogens (tertiary/aromatic N) is 2. The second-order valence-electron chi connectivity index (χ2n) is 8.44. The molecule has 2 aliphatic rings. The fourth-order valence-electron chi connectivity index (χ4n) is 4.85. The number of amides is 1. The van der Waals surface area contributed by atoms with Gasteiger partial charge in [-0.25, -0.2) is 0 Å². The zero-order valence-corrected chi connectivity index (χ0v) is 17.7. The Bertz CT molecular complexity index is 1040. The fourth-order valence-corrected chi connectivity index (χ4v) is 4.85. The average Bonchev–Trinajstić information content (AvgIpc) is 3.07. The molecule has 2 aromatic carbocycles. The van der Waals surface area contributed by atoms with E-state index in [1.807, 2.05) is 12.1 Å². The zero-order valence-electron chi connectivity index (χ0n) is 17.7. The van der Waals surface area contributed by atoms with Crippen LogP contribution in [0.1, 0.15) is 35.7 Å². The summed E-state index contributed by atoms with van der Waals surface area (Å²) in [6.45, 7) is 8.65. The van der Waals surface area contributed by atoms with Gasteiger partial charge in [-0.15, -0.1) is 0 Å². The van der Waals surface area contributed by atoms with Gasteiger partial charge in [0.2, 0.25) is 0 Å². The molecule has 3 aromatic rings. The molecule has 5 heteroatoms. The number of carbonyl (C=O) groups is 1. The highest BCUT2D eigenvalue weighted by molar-refractivity contribution is 6.10. The van der Waals surface area contributed by atoms with Gasteiger partial charge in [0, 0.05) is 60.6 Å². The molecule has 1 amide bonds. The maximum Gasteiger partial charge on any atom is 0.251 e. The first-order valence-corrected chi connectivity index (χ1v) is 11.2. The number of aromatic amines is 1. The van der Waals surface area contributed by atoms with Gasteiger partial charge in [-0.1, -0.05) is 31.5 Å². The molecule has 0 bridgehead atoms. The average molecular weight is 403 g/mol. The van der Waals surface area contributed by atoms with Crippen LogP contribution in [0.3, 0.4) is 0 Å². The molecule has 1 aromatic heterocycles. The molecule has 2 aliphatic heterocycles. The zero-order chi connectivity index (χ0) is 20.5. The molecule has 1 fully saturated rings. The van der Waals surface area contributed by atoms with Crippen molar-refractivity contribution in [2.24, 2.45) is 0 Å². The number of rotatable bonds is 5. The van der Waals surface area contributed by atoms with Crippen molar-refractivity contribution in [3.8, 4) is 11.3 Å². The third kappa shape index (κ3) is 3.47. The van der Waals surface area contributed by atoms with Crippen LogP contribution in [0.15, 0.2) is 42.5 Å². The van der Waals surface area contributed by atoms with Gasteiger partial charge in [-0.3, -0.25) is 9.69 Å². The van der Waals surface area contributed by atoms with Crippen LogP contribution in [0.2, 0.25) is 0 Å². The van der Waals surface area contributed by atoms with Crippen molar-refractivity contribution in [1.82, 2.24) is 15.2 Å². The lowest BCUT2D eigenvalue weighted by Gasteiger charge is -2.36. The van der Waals surface area contributed by atoms with Crippen molar-refractivity contribution in [3.05, 3.63) is 53.6 Å². The number of carbonyl (C=O) groups excluding carboxylic acids is 1. The van der Waals surface area contributed by atoms with Crippen LogP contribution < -0.4 is 10.2 Å². The highest BCUT2D eigenvalue weighted by atomic mass is 16.1. The van der Waals surface area contributed by atoms with Gasteiger partial charge in [0.25, 0.3) is 5.91 Å². The maximum absolute atomic E-state index is 12.4. The first-order chi connectivity index (χ1) is 14.7. The summed E-state index contributed by atoms with van der Waals surface area (Å²) >= 11 is 0. The van der Waals surface area contributed by atoms with E-state index in [1.165, 1.54) is 36.2 Å². The molecule has 30 heavy (non-hydrogen) atoms. The minimum absolute atomic E-state index is 0.0262. The molecule has 5 rings (SSSR count). The van der Waals surface area contributed by atoms with E-state index in [2.05, 4.69) is 57.4 Å². The summed E-state index contributed by atoms with van der Waals surface area (Å²) < 4.78 is 0. The van der Waals surface area contributed by atoms with Crippen LogP contribution in [0.4, 0.5) is 5.69 Å². The van der Waals surface area contributed by atoms with E-state index >= 15 is 0 Å². The van der Waals surface area contributed by atoms with Crippen LogP contribution in [-0.2, 0) is 6.42 Å². The summed E-state index contributed by atoms with van der Waals surface area (Å²) in [5, 5.41) is 4.10. The SMILES string of the molecule is CCCCN1CCN(c2ccc(-c3[nH]c4cccc5c4c3CCNC5=O)cc2)CC1. The number of hydrogen-bond donors (Lipinski definition) is 2. The van der Waals surface area contributed by atoms with Gasteiger partial charge < -0.3 is 15.2 Å². The molecule has 2 N–H and O–H groups in total. The lowest BCUT2D eigenvalue weighted by atomic mass is 10.00. The van der Waals surface area contributed by atoms with Crippen molar-refractivity contribution in [2.45, 2.75) is 26.2 Å². The second-order valence-corrected chi connectivity index (χ2v) is 8.44. The Morgan fingerprint density at radius 2 is 1.80 bits per heavy atom. The van der Waals surface area contributed by atoms with Crippen molar-refractivity contribution in [3.63, 3.8) is 0 Å². The second kappa shape index (κ2) is 8.15. The van der Waals surface area contributed by atoms with Crippen molar-refractivity contribution >= 4 is 22.5 Å². The van der Waals surface area contributed by atoms with E-state index in [1.54, 1.807) is 0 Å². The lowest BCUT2D eigenvalue weighted by Crippen LogP contribution is -2.46. The van der Waals surface area contributed by atoms with Crippen molar-refractivity contribution in [1.29, 1.82) is 0 Å². The number of nitrogens with one attached hydrogen (secondary N) is 2. The van der Waals surface area contributed by atoms with Crippen molar-refractivity contribution < 1.29 is 4.79 Å². The largest absolute Gasteiger partial charge is 0.369 e. The molecule has 0 atom stereocenters. The maximum atomic E-state index is 12.4. The molecule has 0 spiro atoms. The Morgan fingerprint density at radius 3 is 2.57 bits per heavy atom. The van der Waals surface area contributed by atoms with Crippen LogP contribution in [-0.4, -0.2) is 55.1 Å². The lowest BCUT2D eigenvalue weighted by molar-refractivity contribution is 0.0957. The highest BCUT2D eigenvalue weighted by Crippen LogP contribution is 2.34.